The molecule has 0 fully saturated rings. The standard InChI is InChI=1S/C19H23NO/c1-13-9-14(2)18(15(3)10-13)11-17(21)12-19(20)16-7-5-4-6-8-16/h4-10,19H,11-12,20H2,1-3H3. The van der Waals surface area contributed by atoms with Crippen molar-refractivity contribution in [2.24, 2.45) is 5.73 Å². The van der Waals surface area contributed by atoms with Crippen LogP contribution < -0.4 is 5.73 Å². The molecule has 0 radical (unpaired) electrons. The number of ketones is 1. The van der Waals surface area contributed by atoms with Crippen molar-refractivity contribution >= 4 is 5.78 Å². The molecule has 0 aliphatic carbocycles. The number of benzene rings is 2. The van der Waals surface area contributed by atoms with E-state index in [-0.39, 0.29) is 11.8 Å². The van der Waals surface area contributed by atoms with Crippen molar-refractivity contribution in [3.05, 3.63) is 70.3 Å². The summed E-state index contributed by atoms with van der Waals surface area (Å²) >= 11 is 0. The molecule has 21 heavy (non-hydrogen) atoms. The summed E-state index contributed by atoms with van der Waals surface area (Å²) in [5.74, 6) is 0.196. The Hall–Kier alpha value is -1.93. The van der Waals surface area contributed by atoms with Gasteiger partial charge in [0.2, 0.25) is 0 Å². The third kappa shape index (κ3) is 4.02. The first-order chi connectivity index (χ1) is 9.97. The molecule has 2 N–H and O–H groups in total. The molecule has 0 saturated heterocycles. The van der Waals surface area contributed by atoms with Crippen LogP contribution >= 0.6 is 0 Å². The van der Waals surface area contributed by atoms with Gasteiger partial charge in [0, 0.05) is 18.9 Å². The largest absolute Gasteiger partial charge is 0.324 e. The van der Waals surface area contributed by atoms with E-state index in [1.807, 2.05) is 30.3 Å². The molecule has 0 aromatic heterocycles. The number of aryl methyl sites for hydroxylation is 3. The van der Waals surface area contributed by atoms with Crippen LogP contribution in [0.5, 0.6) is 0 Å². The number of Topliss-reactive ketones (excluding diaryl/α,β-unsaturated/α-hetero) is 1. The van der Waals surface area contributed by atoms with E-state index in [0.717, 1.165) is 11.1 Å². The van der Waals surface area contributed by atoms with Gasteiger partial charge >= 0.3 is 0 Å². The second kappa shape index (κ2) is 6.68. The molecule has 0 aliphatic rings. The normalized spacial score (nSPS) is 12.2. The monoisotopic (exact) mass is 281 g/mol. The molecule has 0 bridgehead atoms. The molecule has 0 saturated carbocycles. The summed E-state index contributed by atoms with van der Waals surface area (Å²) in [6, 6.07) is 13.9. The summed E-state index contributed by atoms with van der Waals surface area (Å²) < 4.78 is 0. The summed E-state index contributed by atoms with van der Waals surface area (Å²) in [5.41, 5.74) is 11.9. The number of hydrogen-bond acceptors (Lipinski definition) is 2. The molecule has 1 atom stereocenters. The highest BCUT2D eigenvalue weighted by molar-refractivity contribution is 5.82. The van der Waals surface area contributed by atoms with Gasteiger partial charge in [-0.15, -0.1) is 0 Å². The summed E-state index contributed by atoms with van der Waals surface area (Å²) in [7, 11) is 0. The third-order valence-electron chi connectivity index (χ3n) is 3.89. The van der Waals surface area contributed by atoms with Crippen molar-refractivity contribution < 1.29 is 4.79 Å². The SMILES string of the molecule is Cc1cc(C)c(CC(=O)CC(N)c2ccccc2)c(C)c1. The Morgan fingerprint density at radius 1 is 1.05 bits per heavy atom. The van der Waals surface area contributed by atoms with Crippen LogP contribution in [0.15, 0.2) is 42.5 Å². The Morgan fingerprint density at radius 2 is 1.62 bits per heavy atom. The summed E-state index contributed by atoms with van der Waals surface area (Å²) in [6.45, 7) is 6.22. The first-order valence-electron chi connectivity index (χ1n) is 7.36. The van der Waals surface area contributed by atoms with Gasteiger partial charge < -0.3 is 5.73 Å². The van der Waals surface area contributed by atoms with E-state index in [0.29, 0.717) is 12.8 Å². The number of hydrogen-bond donors (Lipinski definition) is 1. The molecule has 1 unspecified atom stereocenters. The van der Waals surface area contributed by atoms with Gasteiger partial charge in [-0.2, -0.15) is 0 Å². The maximum atomic E-state index is 12.3. The first-order valence-corrected chi connectivity index (χ1v) is 7.36. The fourth-order valence-corrected chi connectivity index (χ4v) is 2.82. The number of rotatable bonds is 5. The Balaban J connectivity index is 2.06. The smallest absolute Gasteiger partial charge is 0.139 e. The van der Waals surface area contributed by atoms with Crippen LogP contribution in [0.2, 0.25) is 0 Å². The Bertz CT molecular complexity index is 608. The van der Waals surface area contributed by atoms with E-state index in [1.54, 1.807) is 0 Å². The van der Waals surface area contributed by atoms with Gasteiger partial charge in [-0.1, -0.05) is 48.0 Å². The van der Waals surface area contributed by atoms with E-state index in [1.165, 1.54) is 16.7 Å². The van der Waals surface area contributed by atoms with Crippen molar-refractivity contribution in [2.75, 3.05) is 0 Å². The van der Waals surface area contributed by atoms with Crippen LogP contribution in [0.3, 0.4) is 0 Å². The molecule has 2 nitrogen and oxygen atoms in total. The van der Waals surface area contributed by atoms with E-state index < -0.39 is 0 Å². The lowest BCUT2D eigenvalue weighted by Gasteiger charge is -2.14. The molecule has 0 heterocycles. The van der Waals surface area contributed by atoms with E-state index in [4.69, 9.17) is 5.73 Å². The Morgan fingerprint density at radius 3 is 2.19 bits per heavy atom. The molecule has 0 spiro atoms. The van der Waals surface area contributed by atoms with Crippen LogP contribution in [0, 0.1) is 20.8 Å². The predicted molar refractivity (Wildman–Crippen MR) is 87.4 cm³/mol. The molecule has 2 aromatic carbocycles. The van der Waals surface area contributed by atoms with Gasteiger partial charge in [0.15, 0.2) is 0 Å². The molecule has 0 aliphatic heterocycles. The van der Waals surface area contributed by atoms with Crippen molar-refractivity contribution in [2.45, 2.75) is 39.7 Å². The van der Waals surface area contributed by atoms with Crippen molar-refractivity contribution in [3.8, 4) is 0 Å². The zero-order chi connectivity index (χ0) is 15.4. The number of nitrogens with two attached hydrogens (primary N) is 1. The fourth-order valence-electron chi connectivity index (χ4n) is 2.82. The lowest BCUT2D eigenvalue weighted by Crippen LogP contribution is -2.17. The summed E-state index contributed by atoms with van der Waals surface area (Å²) in [5, 5.41) is 0. The highest BCUT2D eigenvalue weighted by atomic mass is 16.1. The maximum absolute atomic E-state index is 12.3. The Labute approximate surface area is 127 Å². The van der Waals surface area contributed by atoms with E-state index in [2.05, 4.69) is 32.9 Å². The van der Waals surface area contributed by atoms with Crippen LogP contribution in [-0.4, -0.2) is 5.78 Å². The molecule has 0 amide bonds. The average Bonchev–Trinajstić information content (AvgIpc) is 2.43. The van der Waals surface area contributed by atoms with Crippen LogP contribution in [0.1, 0.15) is 40.3 Å². The molecular formula is C19H23NO. The summed E-state index contributed by atoms with van der Waals surface area (Å²) in [4.78, 5) is 12.3. The number of carbonyl (C=O) groups is 1. The highest BCUT2D eigenvalue weighted by Crippen LogP contribution is 2.20. The van der Waals surface area contributed by atoms with Crippen LogP contribution in [0.4, 0.5) is 0 Å². The topological polar surface area (TPSA) is 43.1 Å². The Kier molecular flexibility index (Phi) is 4.92. The van der Waals surface area contributed by atoms with Gasteiger partial charge in [-0.25, -0.2) is 0 Å². The first kappa shape index (κ1) is 15.5. The summed E-state index contributed by atoms with van der Waals surface area (Å²) in [6.07, 6.45) is 0.856. The molecule has 2 rings (SSSR count). The minimum atomic E-state index is -0.218. The third-order valence-corrected chi connectivity index (χ3v) is 3.89. The minimum Gasteiger partial charge on any atom is -0.324 e. The second-order valence-corrected chi connectivity index (χ2v) is 5.81. The van der Waals surface area contributed by atoms with Gasteiger partial charge in [0.05, 0.1) is 0 Å². The molecular weight excluding hydrogens is 258 g/mol. The molecule has 2 heteroatoms. The highest BCUT2D eigenvalue weighted by Gasteiger charge is 2.14. The molecule has 2 aromatic rings. The van der Waals surface area contributed by atoms with Gasteiger partial charge in [0.1, 0.15) is 5.78 Å². The van der Waals surface area contributed by atoms with Crippen LogP contribution in [-0.2, 0) is 11.2 Å². The van der Waals surface area contributed by atoms with Crippen molar-refractivity contribution in [1.82, 2.24) is 0 Å². The zero-order valence-electron chi connectivity index (χ0n) is 13.0. The molecule has 110 valence electrons. The average molecular weight is 281 g/mol. The van der Waals surface area contributed by atoms with E-state index in [9.17, 15) is 4.79 Å². The zero-order valence-corrected chi connectivity index (χ0v) is 13.0. The lowest BCUT2D eigenvalue weighted by molar-refractivity contribution is -0.118. The maximum Gasteiger partial charge on any atom is 0.139 e. The fraction of sp³-hybridized carbons (Fsp3) is 0.316. The van der Waals surface area contributed by atoms with Crippen molar-refractivity contribution in [1.29, 1.82) is 0 Å². The van der Waals surface area contributed by atoms with Crippen molar-refractivity contribution in [3.63, 3.8) is 0 Å². The number of carbonyl (C=O) groups excluding carboxylic acids is 1. The van der Waals surface area contributed by atoms with Gasteiger partial charge in [-0.05, 0) is 43.0 Å². The van der Waals surface area contributed by atoms with Gasteiger partial charge in [0.25, 0.3) is 0 Å². The minimum absolute atomic E-state index is 0.196. The predicted octanol–water partition coefficient (Wildman–Crippen LogP) is 3.81. The van der Waals surface area contributed by atoms with Gasteiger partial charge in [-0.3, -0.25) is 4.79 Å². The lowest BCUT2D eigenvalue weighted by atomic mass is 9.93. The second-order valence-electron chi connectivity index (χ2n) is 5.81. The van der Waals surface area contributed by atoms with E-state index >= 15 is 0 Å². The quantitative estimate of drug-likeness (QED) is 0.905. The van der Waals surface area contributed by atoms with Crippen LogP contribution in [0.25, 0.3) is 0 Å².